The maximum atomic E-state index is 3.95. The van der Waals surface area contributed by atoms with E-state index in [4.69, 9.17) is 0 Å². The third kappa shape index (κ3) is 1.44. The molecule has 0 heteroatoms. The van der Waals surface area contributed by atoms with Gasteiger partial charge in [-0.3, -0.25) is 0 Å². The first-order valence-corrected chi connectivity index (χ1v) is 4.59. The van der Waals surface area contributed by atoms with Crippen molar-refractivity contribution in [2.75, 3.05) is 0 Å². The molecule has 0 unspecified atom stereocenters. The predicted molar refractivity (Wildman–Crippen MR) is 57.7 cm³/mol. The van der Waals surface area contributed by atoms with Crippen LogP contribution in [0.4, 0.5) is 0 Å². The fraction of sp³-hybridized carbons (Fsp3) is 0.154. The van der Waals surface area contributed by atoms with Crippen LogP contribution in [0.25, 0.3) is 10.8 Å². The van der Waals surface area contributed by atoms with Crippen molar-refractivity contribution in [2.45, 2.75) is 13.3 Å². The Morgan fingerprint density at radius 2 is 1.92 bits per heavy atom. The van der Waals surface area contributed by atoms with Gasteiger partial charge in [0.1, 0.15) is 0 Å². The molecule has 1 radical (unpaired) electrons. The number of benzene rings is 2. The molecular weight excluding hydrogens is 156 g/mol. The maximum absolute atomic E-state index is 3.95. The van der Waals surface area contributed by atoms with Crippen LogP contribution in [0, 0.1) is 13.8 Å². The lowest BCUT2D eigenvalue weighted by molar-refractivity contribution is 1.28. The van der Waals surface area contributed by atoms with Crippen molar-refractivity contribution in [1.82, 2.24) is 0 Å². The normalized spacial score (nSPS) is 10.6. The van der Waals surface area contributed by atoms with Gasteiger partial charge in [0.15, 0.2) is 0 Å². The molecule has 0 bridgehead atoms. The van der Waals surface area contributed by atoms with E-state index in [1.165, 1.54) is 21.9 Å². The van der Waals surface area contributed by atoms with Crippen molar-refractivity contribution in [3.05, 3.63) is 54.4 Å². The van der Waals surface area contributed by atoms with Crippen LogP contribution in [-0.4, -0.2) is 0 Å². The molecule has 0 saturated heterocycles. The first-order chi connectivity index (χ1) is 6.31. The smallest absolute Gasteiger partial charge is 0.0152 e. The second-order valence-corrected chi connectivity index (χ2v) is 3.40. The van der Waals surface area contributed by atoms with Crippen LogP contribution in [0.5, 0.6) is 0 Å². The summed E-state index contributed by atoms with van der Waals surface area (Å²) < 4.78 is 0. The van der Waals surface area contributed by atoms with Gasteiger partial charge in [0.2, 0.25) is 0 Å². The molecule has 0 amide bonds. The van der Waals surface area contributed by atoms with Crippen LogP contribution in [0.3, 0.4) is 0 Å². The predicted octanol–water partition coefficient (Wildman–Crippen LogP) is 3.52. The monoisotopic (exact) mass is 169 g/mol. The van der Waals surface area contributed by atoms with Crippen LogP contribution >= 0.6 is 0 Å². The Morgan fingerprint density at radius 3 is 2.69 bits per heavy atom. The minimum absolute atomic E-state index is 0.863. The Labute approximate surface area is 79.2 Å². The van der Waals surface area contributed by atoms with Crippen molar-refractivity contribution in [1.29, 1.82) is 0 Å². The third-order valence-electron chi connectivity index (χ3n) is 2.36. The number of hydrogen-bond acceptors (Lipinski definition) is 0. The summed E-state index contributed by atoms with van der Waals surface area (Å²) >= 11 is 0. The summed E-state index contributed by atoms with van der Waals surface area (Å²) in [5.41, 5.74) is 2.66. The number of aryl methyl sites for hydroxylation is 1. The summed E-state index contributed by atoms with van der Waals surface area (Å²) in [5, 5.41) is 2.66. The van der Waals surface area contributed by atoms with Crippen molar-refractivity contribution < 1.29 is 0 Å². The summed E-state index contributed by atoms with van der Waals surface area (Å²) in [7, 11) is 0. The van der Waals surface area contributed by atoms with Gasteiger partial charge in [0, 0.05) is 0 Å². The molecule has 0 spiro atoms. The van der Waals surface area contributed by atoms with E-state index in [2.05, 4.69) is 50.2 Å². The van der Waals surface area contributed by atoms with Crippen LogP contribution in [0.2, 0.25) is 0 Å². The van der Waals surface area contributed by atoms with Crippen LogP contribution in [0.15, 0.2) is 36.4 Å². The van der Waals surface area contributed by atoms with Gasteiger partial charge in [0.25, 0.3) is 0 Å². The molecule has 2 aromatic rings. The van der Waals surface area contributed by atoms with E-state index >= 15 is 0 Å². The quantitative estimate of drug-likeness (QED) is 0.612. The molecule has 2 aromatic carbocycles. The minimum Gasteiger partial charge on any atom is -0.0616 e. The largest absolute Gasteiger partial charge is 0.0616 e. The van der Waals surface area contributed by atoms with E-state index in [0.717, 1.165) is 6.42 Å². The zero-order valence-corrected chi connectivity index (χ0v) is 7.88. The van der Waals surface area contributed by atoms with Crippen LogP contribution in [-0.2, 0) is 6.42 Å². The summed E-state index contributed by atoms with van der Waals surface area (Å²) in [6.45, 7) is 6.08. The Morgan fingerprint density at radius 1 is 1.15 bits per heavy atom. The molecule has 13 heavy (non-hydrogen) atoms. The van der Waals surface area contributed by atoms with E-state index in [1.807, 2.05) is 0 Å². The van der Waals surface area contributed by atoms with Gasteiger partial charge in [0.05, 0.1) is 0 Å². The average molecular weight is 169 g/mol. The van der Waals surface area contributed by atoms with Crippen molar-refractivity contribution >= 4 is 10.8 Å². The molecule has 0 nitrogen and oxygen atoms in total. The first kappa shape index (κ1) is 8.31. The summed E-state index contributed by atoms with van der Waals surface area (Å²) in [4.78, 5) is 0. The fourth-order valence-corrected chi connectivity index (χ4v) is 1.76. The third-order valence-corrected chi connectivity index (χ3v) is 2.36. The molecule has 0 atom stereocenters. The standard InChI is InChI=1S/C13H13/c1-3-11-8-10(2)9-12-6-4-5-7-13(11)12/h4-9H,1,3H2,2H3. The topological polar surface area (TPSA) is 0 Å². The maximum Gasteiger partial charge on any atom is -0.0152 e. The lowest BCUT2D eigenvalue weighted by Crippen LogP contribution is -1.85. The van der Waals surface area contributed by atoms with Gasteiger partial charge in [-0.15, -0.1) is 0 Å². The lowest BCUT2D eigenvalue weighted by Gasteiger charge is -2.05. The second-order valence-electron chi connectivity index (χ2n) is 3.40. The average Bonchev–Trinajstić information content (AvgIpc) is 2.16. The molecule has 0 N–H and O–H groups in total. The Balaban J connectivity index is 2.81. The van der Waals surface area contributed by atoms with Crippen molar-refractivity contribution in [3.63, 3.8) is 0 Å². The minimum atomic E-state index is 0.863. The van der Waals surface area contributed by atoms with E-state index in [-0.39, 0.29) is 0 Å². The molecule has 0 aliphatic heterocycles. The number of rotatable bonds is 1. The molecule has 0 fully saturated rings. The molecule has 0 saturated carbocycles. The Kier molecular flexibility index (Phi) is 2.05. The molecular formula is C13H13. The zero-order chi connectivity index (χ0) is 9.26. The SMILES string of the molecule is [CH2]Cc1cc(C)cc2ccccc12. The highest BCUT2D eigenvalue weighted by atomic mass is 14.0. The lowest BCUT2D eigenvalue weighted by atomic mass is 10.00. The van der Waals surface area contributed by atoms with E-state index in [0.29, 0.717) is 0 Å². The van der Waals surface area contributed by atoms with Gasteiger partial charge in [-0.05, 0) is 36.6 Å². The molecule has 0 heterocycles. The highest BCUT2D eigenvalue weighted by molar-refractivity contribution is 5.86. The van der Waals surface area contributed by atoms with Crippen molar-refractivity contribution in [3.8, 4) is 0 Å². The zero-order valence-electron chi connectivity index (χ0n) is 7.88. The second kappa shape index (κ2) is 3.21. The highest BCUT2D eigenvalue weighted by Gasteiger charge is 1.98. The summed E-state index contributed by atoms with van der Waals surface area (Å²) in [6, 6.07) is 12.9. The summed E-state index contributed by atoms with van der Waals surface area (Å²) in [5.74, 6) is 0. The molecule has 0 aliphatic carbocycles. The van der Waals surface area contributed by atoms with E-state index < -0.39 is 0 Å². The number of fused-ring (bicyclic) bond motifs is 1. The van der Waals surface area contributed by atoms with Gasteiger partial charge in [-0.1, -0.05) is 42.0 Å². The number of hydrogen-bond donors (Lipinski definition) is 0. The fourth-order valence-electron chi connectivity index (χ4n) is 1.76. The first-order valence-electron chi connectivity index (χ1n) is 4.59. The molecule has 2 rings (SSSR count). The van der Waals surface area contributed by atoms with Gasteiger partial charge in [-0.25, -0.2) is 0 Å². The van der Waals surface area contributed by atoms with E-state index in [1.54, 1.807) is 0 Å². The van der Waals surface area contributed by atoms with Crippen LogP contribution < -0.4 is 0 Å². The van der Waals surface area contributed by atoms with Crippen LogP contribution in [0.1, 0.15) is 11.1 Å². The molecule has 0 aliphatic rings. The van der Waals surface area contributed by atoms with Gasteiger partial charge < -0.3 is 0 Å². The van der Waals surface area contributed by atoms with Gasteiger partial charge >= 0.3 is 0 Å². The summed E-state index contributed by atoms with van der Waals surface area (Å²) in [6.07, 6.45) is 0.863. The van der Waals surface area contributed by atoms with E-state index in [9.17, 15) is 0 Å². The Hall–Kier alpha value is -1.30. The van der Waals surface area contributed by atoms with Crippen molar-refractivity contribution in [2.24, 2.45) is 0 Å². The Bertz CT molecular complexity index is 427. The highest BCUT2D eigenvalue weighted by Crippen LogP contribution is 2.20. The molecule has 0 aromatic heterocycles. The molecule has 65 valence electrons. The van der Waals surface area contributed by atoms with Gasteiger partial charge in [-0.2, -0.15) is 0 Å².